The molecule has 0 atom stereocenters. The van der Waals surface area contributed by atoms with Crippen LogP contribution in [0.25, 0.3) is 0 Å². The van der Waals surface area contributed by atoms with Crippen molar-refractivity contribution in [3.8, 4) is 0 Å². The number of aryl methyl sites for hydroxylation is 1. The molecule has 0 aliphatic heterocycles. The third kappa shape index (κ3) is 3.70. The maximum absolute atomic E-state index is 12.2. The van der Waals surface area contributed by atoms with Crippen molar-refractivity contribution >= 4 is 56.4 Å². The Hall–Kier alpha value is -1.65. The van der Waals surface area contributed by atoms with Crippen molar-refractivity contribution in [3.05, 3.63) is 16.0 Å². The van der Waals surface area contributed by atoms with E-state index >= 15 is 0 Å². The first-order valence-corrected chi connectivity index (χ1v) is 10.0. The van der Waals surface area contributed by atoms with Crippen molar-refractivity contribution in [3.63, 3.8) is 0 Å². The number of fused-ring (bicyclic) bond motifs is 1. The monoisotopic (exact) mass is 384 g/mol. The zero-order valence-corrected chi connectivity index (χ0v) is 15.4. The summed E-state index contributed by atoms with van der Waals surface area (Å²) in [5.41, 5.74) is 7.06. The van der Waals surface area contributed by atoms with Crippen LogP contribution in [0, 0.1) is 0 Å². The molecular weight excluding hydrogens is 368 g/mol. The number of nitrogens with two attached hydrogens (primary N) is 1. The number of rotatable bonds is 6. The van der Waals surface area contributed by atoms with E-state index in [0.717, 1.165) is 29.7 Å². The fraction of sp³-hybridized carbons (Fsp3) is 0.429. The molecule has 24 heavy (non-hydrogen) atoms. The van der Waals surface area contributed by atoms with Gasteiger partial charge in [-0.3, -0.25) is 4.79 Å². The first kappa shape index (κ1) is 17.2. The second kappa shape index (κ2) is 7.49. The first-order chi connectivity index (χ1) is 11.6. The van der Waals surface area contributed by atoms with Gasteiger partial charge in [0, 0.05) is 4.88 Å². The Morgan fingerprint density at radius 2 is 2.17 bits per heavy atom. The summed E-state index contributed by atoms with van der Waals surface area (Å²) in [6.45, 7) is 2.08. The number of carbonyl (C=O) groups excluding carboxylic acids is 2. The molecule has 0 saturated carbocycles. The molecule has 128 valence electrons. The van der Waals surface area contributed by atoms with Crippen LogP contribution in [0.2, 0.25) is 0 Å². The van der Waals surface area contributed by atoms with Gasteiger partial charge in [-0.2, -0.15) is 0 Å². The van der Waals surface area contributed by atoms with Crippen LogP contribution in [0.3, 0.4) is 0 Å². The standard InChI is InChI=1S/C14H16N4O3S3/c1-2-21-12(20)10-7-4-3-5-8(7)23-11(10)16-9(19)6-22-14-18-17-13(15)24-14/h2-6H2,1H3,(H2,15,17)(H,16,19). The average molecular weight is 385 g/mol. The number of amides is 1. The molecule has 1 aliphatic carbocycles. The van der Waals surface area contributed by atoms with Crippen LogP contribution in [0.15, 0.2) is 4.34 Å². The zero-order valence-electron chi connectivity index (χ0n) is 13.0. The third-order valence-corrected chi connectivity index (χ3v) is 6.50. The van der Waals surface area contributed by atoms with E-state index in [-0.39, 0.29) is 17.6 Å². The highest BCUT2D eigenvalue weighted by atomic mass is 32.2. The SMILES string of the molecule is CCOC(=O)c1c(NC(=O)CSc2nnc(N)s2)sc2c1CCC2. The Labute approximate surface area is 151 Å². The predicted molar refractivity (Wildman–Crippen MR) is 96.0 cm³/mol. The van der Waals surface area contributed by atoms with E-state index in [9.17, 15) is 9.59 Å². The molecule has 0 spiro atoms. The number of hydrogen-bond donors (Lipinski definition) is 2. The van der Waals surface area contributed by atoms with E-state index in [1.165, 1.54) is 34.4 Å². The van der Waals surface area contributed by atoms with Crippen molar-refractivity contribution in [2.45, 2.75) is 30.5 Å². The summed E-state index contributed by atoms with van der Waals surface area (Å²) >= 11 is 3.97. The lowest BCUT2D eigenvalue weighted by Crippen LogP contribution is -2.16. The number of aromatic nitrogens is 2. The highest BCUT2D eigenvalue weighted by Crippen LogP contribution is 2.39. The van der Waals surface area contributed by atoms with Gasteiger partial charge in [0.15, 0.2) is 4.34 Å². The molecule has 2 heterocycles. The number of thioether (sulfide) groups is 1. The number of nitrogen functional groups attached to an aromatic ring is 1. The Balaban J connectivity index is 1.70. The number of thiophene rings is 1. The molecule has 0 fully saturated rings. The molecule has 0 saturated heterocycles. The fourth-order valence-electron chi connectivity index (χ4n) is 2.48. The maximum atomic E-state index is 12.2. The number of esters is 1. The van der Waals surface area contributed by atoms with Crippen molar-refractivity contribution in [1.29, 1.82) is 0 Å². The summed E-state index contributed by atoms with van der Waals surface area (Å²) in [6, 6.07) is 0. The van der Waals surface area contributed by atoms with Crippen LogP contribution in [0.5, 0.6) is 0 Å². The highest BCUT2D eigenvalue weighted by Gasteiger charge is 2.28. The topological polar surface area (TPSA) is 107 Å². The molecular formula is C14H16N4O3S3. The van der Waals surface area contributed by atoms with E-state index in [0.29, 0.717) is 26.6 Å². The smallest absolute Gasteiger partial charge is 0.341 e. The van der Waals surface area contributed by atoms with Crippen LogP contribution in [0.4, 0.5) is 10.1 Å². The van der Waals surface area contributed by atoms with Gasteiger partial charge in [0.25, 0.3) is 0 Å². The minimum absolute atomic E-state index is 0.180. The van der Waals surface area contributed by atoms with Crippen molar-refractivity contribution in [2.75, 3.05) is 23.4 Å². The Kier molecular flexibility index (Phi) is 5.36. The molecule has 3 rings (SSSR count). The molecule has 1 aliphatic rings. The number of nitrogens with one attached hydrogen (secondary N) is 1. The van der Waals surface area contributed by atoms with Gasteiger partial charge in [0.1, 0.15) is 5.00 Å². The number of hydrogen-bond acceptors (Lipinski definition) is 9. The van der Waals surface area contributed by atoms with Gasteiger partial charge in [0.05, 0.1) is 17.9 Å². The summed E-state index contributed by atoms with van der Waals surface area (Å²) in [5, 5.41) is 11.4. The molecule has 7 nitrogen and oxygen atoms in total. The van der Waals surface area contributed by atoms with Crippen molar-refractivity contribution < 1.29 is 14.3 Å². The van der Waals surface area contributed by atoms with E-state index in [4.69, 9.17) is 10.5 Å². The molecule has 3 N–H and O–H groups in total. The lowest BCUT2D eigenvalue weighted by molar-refractivity contribution is -0.113. The van der Waals surface area contributed by atoms with Crippen LogP contribution < -0.4 is 11.1 Å². The van der Waals surface area contributed by atoms with Gasteiger partial charge in [0.2, 0.25) is 11.0 Å². The summed E-state index contributed by atoms with van der Waals surface area (Å²) in [7, 11) is 0. The molecule has 10 heteroatoms. The molecule has 0 bridgehead atoms. The van der Waals surface area contributed by atoms with Crippen LogP contribution in [-0.4, -0.2) is 34.4 Å². The van der Waals surface area contributed by atoms with Gasteiger partial charge < -0.3 is 15.8 Å². The number of nitrogens with zero attached hydrogens (tertiary/aromatic N) is 2. The Morgan fingerprint density at radius 1 is 1.33 bits per heavy atom. The van der Waals surface area contributed by atoms with Crippen molar-refractivity contribution in [2.24, 2.45) is 0 Å². The predicted octanol–water partition coefficient (Wildman–Crippen LogP) is 2.58. The van der Waals surface area contributed by atoms with E-state index < -0.39 is 0 Å². The quantitative estimate of drug-likeness (QED) is 0.582. The van der Waals surface area contributed by atoms with Crippen LogP contribution in [-0.2, 0) is 22.4 Å². The van der Waals surface area contributed by atoms with Gasteiger partial charge in [-0.05, 0) is 31.7 Å². The number of anilines is 2. The molecule has 0 unspecified atom stereocenters. The molecule has 0 aromatic carbocycles. The molecule has 2 aromatic rings. The highest BCUT2D eigenvalue weighted by molar-refractivity contribution is 8.01. The summed E-state index contributed by atoms with van der Waals surface area (Å²) in [6.07, 6.45) is 2.84. The van der Waals surface area contributed by atoms with Crippen molar-refractivity contribution in [1.82, 2.24) is 10.2 Å². The van der Waals surface area contributed by atoms with E-state index in [2.05, 4.69) is 15.5 Å². The van der Waals surface area contributed by atoms with Gasteiger partial charge in [-0.1, -0.05) is 23.1 Å². The van der Waals surface area contributed by atoms with Gasteiger partial charge in [-0.15, -0.1) is 21.5 Å². The number of ether oxygens (including phenoxy) is 1. The lowest BCUT2D eigenvalue weighted by atomic mass is 10.1. The average Bonchev–Trinajstić information content (AvgIpc) is 3.21. The maximum Gasteiger partial charge on any atom is 0.341 e. The third-order valence-electron chi connectivity index (χ3n) is 3.40. The minimum atomic E-state index is -0.364. The van der Waals surface area contributed by atoms with E-state index in [1.807, 2.05) is 0 Å². The van der Waals surface area contributed by atoms with E-state index in [1.54, 1.807) is 6.92 Å². The largest absolute Gasteiger partial charge is 0.462 e. The van der Waals surface area contributed by atoms with Crippen LogP contribution in [0.1, 0.15) is 34.1 Å². The number of carbonyl (C=O) groups is 2. The molecule has 2 aromatic heterocycles. The lowest BCUT2D eigenvalue weighted by Gasteiger charge is -2.07. The first-order valence-electron chi connectivity index (χ1n) is 7.41. The fourth-order valence-corrected chi connectivity index (χ4v) is 5.21. The normalized spacial score (nSPS) is 12.9. The Bertz CT molecular complexity index is 771. The summed E-state index contributed by atoms with van der Waals surface area (Å²) < 4.78 is 5.79. The van der Waals surface area contributed by atoms with Gasteiger partial charge in [-0.25, -0.2) is 4.79 Å². The second-order valence-electron chi connectivity index (χ2n) is 5.02. The zero-order chi connectivity index (χ0) is 17.1. The summed E-state index contributed by atoms with van der Waals surface area (Å²) in [4.78, 5) is 25.6. The minimum Gasteiger partial charge on any atom is -0.462 e. The van der Waals surface area contributed by atoms with Crippen LogP contribution >= 0.6 is 34.4 Å². The van der Waals surface area contributed by atoms with Gasteiger partial charge >= 0.3 is 5.97 Å². The molecule has 0 radical (unpaired) electrons. The molecule has 1 amide bonds. The summed E-state index contributed by atoms with van der Waals surface area (Å²) in [5.74, 6) is -0.379. The second-order valence-corrected chi connectivity index (χ2v) is 8.36. The Morgan fingerprint density at radius 3 is 2.88 bits per heavy atom.